The van der Waals surface area contributed by atoms with Crippen LogP contribution in [0.5, 0.6) is 5.75 Å². The van der Waals surface area contributed by atoms with E-state index in [1.165, 1.54) is 16.7 Å². The number of ether oxygens (including phenoxy) is 1. The monoisotopic (exact) mass is 545 g/mol. The summed E-state index contributed by atoms with van der Waals surface area (Å²) in [6.07, 6.45) is 1.59. The second-order valence-corrected chi connectivity index (χ2v) is 11.2. The quantitative estimate of drug-likeness (QED) is 0.175. The van der Waals surface area contributed by atoms with Gasteiger partial charge in [0.25, 0.3) is 0 Å². The van der Waals surface area contributed by atoms with Gasteiger partial charge in [-0.05, 0) is 76.0 Å². The Bertz CT molecular complexity index is 1220. The van der Waals surface area contributed by atoms with Gasteiger partial charge in [0.2, 0.25) is 5.91 Å². The first-order valence-electron chi connectivity index (χ1n) is 12.5. The third-order valence-electron chi connectivity index (χ3n) is 7.35. The second kappa shape index (κ2) is 12.4. The van der Waals surface area contributed by atoms with Crippen LogP contribution in [0.4, 0.5) is 4.39 Å². The van der Waals surface area contributed by atoms with Gasteiger partial charge < -0.3 is 9.64 Å². The molecule has 0 spiro atoms. The number of methoxy groups -OCH3 is 1. The Hall–Kier alpha value is -2.39. The minimum atomic E-state index is -1.39. The van der Waals surface area contributed by atoms with Crippen LogP contribution < -0.4 is 10.2 Å². The summed E-state index contributed by atoms with van der Waals surface area (Å²) >= 11 is 8.20. The molecule has 0 bridgehead atoms. The first-order valence-corrected chi connectivity index (χ1v) is 13.8. The zero-order valence-electron chi connectivity index (χ0n) is 21.2. The lowest BCUT2D eigenvalue weighted by molar-refractivity contribution is -0.143. The summed E-state index contributed by atoms with van der Waals surface area (Å²) in [4.78, 5) is 20.6. The van der Waals surface area contributed by atoms with Crippen molar-refractivity contribution in [3.8, 4) is 5.75 Å². The van der Waals surface area contributed by atoms with Crippen LogP contribution in [-0.2, 0) is 4.79 Å². The van der Waals surface area contributed by atoms with Crippen molar-refractivity contribution in [2.45, 2.75) is 43.7 Å². The van der Waals surface area contributed by atoms with Gasteiger partial charge in [0.15, 0.2) is 0 Å². The van der Waals surface area contributed by atoms with Gasteiger partial charge in [-0.3, -0.25) is 15.0 Å². The molecule has 1 fully saturated rings. The number of carbonyl (C=O) groups excluding carboxylic acids is 1. The molecule has 0 radical (unpaired) electrons. The van der Waals surface area contributed by atoms with Gasteiger partial charge in [0.05, 0.1) is 23.1 Å². The number of benzene rings is 2. The largest absolute Gasteiger partial charge is 0.497 e. The molecule has 2 heterocycles. The summed E-state index contributed by atoms with van der Waals surface area (Å²) in [6, 6.07) is 13.8. The molecule has 1 atom stereocenters. The van der Waals surface area contributed by atoms with E-state index in [2.05, 4.69) is 41.1 Å². The number of pyridine rings is 1. The highest BCUT2D eigenvalue weighted by Gasteiger charge is 2.41. The molecule has 1 unspecified atom stereocenters. The molecule has 0 saturated carbocycles. The van der Waals surface area contributed by atoms with E-state index in [-0.39, 0.29) is 11.4 Å². The predicted molar refractivity (Wildman–Crippen MR) is 146 cm³/mol. The third kappa shape index (κ3) is 6.55. The van der Waals surface area contributed by atoms with Crippen molar-refractivity contribution in [1.82, 2.24) is 15.4 Å². The van der Waals surface area contributed by atoms with E-state index in [1.807, 2.05) is 17.2 Å². The summed E-state index contributed by atoms with van der Waals surface area (Å²) in [7, 11) is 1.55. The Morgan fingerprint density at radius 2 is 2.00 bits per heavy atom. The number of hydrogen-bond acceptors (Lipinski definition) is 6. The molecule has 0 aliphatic carbocycles. The Labute approximate surface area is 226 Å². The number of halogens is 2. The van der Waals surface area contributed by atoms with Crippen molar-refractivity contribution >= 4 is 40.2 Å². The topological polar surface area (TPSA) is 74.7 Å². The van der Waals surface area contributed by atoms with E-state index in [1.54, 1.807) is 25.3 Å². The number of aryl methyl sites for hydroxylation is 1. The molecular formula is C28H33ClFN3O3S. The smallest absolute Gasteiger partial charge is 0.249 e. The minimum Gasteiger partial charge on any atom is -0.497 e. The van der Waals surface area contributed by atoms with Crippen LogP contribution in [0.15, 0.2) is 53.6 Å². The zero-order chi connectivity index (χ0) is 26.4. The van der Waals surface area contributed by atoms with E-state index in [0.717, 1.165) is 25.4 Å². The molecule has 1 aliphatic rings. The Morgan fingerprint density at radius 1 is 1.27 bits per heavy atom. The van der Waals surface area contributed by atoms with Crippen molar-refractivity contribution in [2.75, 3.05) is 32.5 Å². The first kappa shape index (κ1) is 27.6. The number of hydrogen-bond donors (Lipinski definition) is 2. The standard InChI is InChI=1S/C28H33ClFN3O3S/c1-19-3-6-21(7-4-19)37-16-15-33-13-11-28(12-14-33,27(34)32-35)10-9-24(30)26-22-17-20(36-2)5-8-25(22)31-18-23(26)29/h3-8,17-18,24,35H,9-16H2,1-2H3,(H,32,34). The summed E-state index contributed by atoms with van der Waals surface area (Å²) in [5.41, 5.74) is 3.24. The van der Waals surface area contributed by atoms with Gasteiger partial charge >= 0.3 is 0 Å². The van der Waals surface area contributed by atoms with Crippen molar-refractivity contribution < 1.29 is 19.1 Å². The lowest BCUT2D eigenvalue weighted by Crippen LogP contribution is -2.48. The predicted octanol–water partition coefficient (Wildman–Crippen LogP) is 6.38. The number of carbonyl (C=O) groups is 1. The maximum atomic E-state index is 15.7. The first-order chi connectivity index (χ1) is 17.8. The molecule has 9 heteroatoms. The van der Waals surface area contributed by atoms with Crippen LogP contribution >= 0.6 is 23.4 Å². The summed E-state index contributed by atoms with van der Waals surface area (Å²) in [5.74, 6) is 1.10. The van der Waals surface area contributed by atoms with Crippen LogP contribution in [0.25, 0.3) is 10.9 Å². The molecular weight excluding hydrogens is 513 g/mol. The number of alkyl halides is 1. The molecule has 6 nitrogen and oxygen atoms in total. The molecule has 1 aliphatic heterocycles. The maximum Gasteiger partial charge on any atom is 0.249 e. The van der Waals surface area contributed by atoms with Gasteiger partial charge in [0.1, 0.15) is 11.9 Å². The van der Waals surface area contributed by atoms with E-state index in [0.29, 0.717) is 41.5 Å². The van der Waals surface area contributed by atoms with Gasteiger partial charge in [-0.25, -0.2) is 9.87 Å². The third-order valence-corrected chi connectivity index (χ3v) is 8.64. The number of thioether (sulfide) groups is 1. The Morgan fingerprint density at radius 3 is 2.68 bits per heavy atom. The van der Waals surface area contributed by atoms with Crippen molar-refractivity contribution in [1.29, 1.82) is 0 Å². The number of likely N-dealkylation sites (tertiary alicyclic amines) is 1. The average Bonchev–Trinajstić information content (AvgIpc) is 2.92. The van der Waals surface area contributed by atoms with Gasteiger partial charge in [-0.1, -0.05) is 29.3 Å². The number of fused-ring (bicyclic) bond motifs is 1. The number of piperidine rings is 1. The fraction of sp³-hybridized carbons (Fsp3) is 0.429. The highest BCUT2D eigenvalue weighted by Crippen LogP contribution is 2.42. The number of nitrogens with zero attached hydrogens (tertiary/aromatic N) is 2. The molecule has 2 aromatic carbocycles. The second-order valence-electron chi connectivity index (χ2n) is 9.63. The lowest BCUT2D eigenvalue weighted by atomic mass is 9.73. The number of rotatable bonds is 10. The SMILES string of the molecule is COc1ccc2ncc(Cl)c(C(F)CCC3(C(=O)NO)CCN(CCSc4ccc(C)cc4)CC3)c2c1. The maximum absolute atomic E-state index is 15.7. The fourth-order valence-electron chi connectivity index (χ4n) is 5.00. The van der Waals surface area contributed by atoms with Crippen LogP contribution in [0.3, 0.4) is 0 Å². The molecule has 1 saturated heterocycles. The van der Waals surface area contributed by atoms with Crippen molar-refractivity contribution in [3.05, 3.63) is 64.8 Å². The molecule has 2 N–H and O–H groups in total. The van der Waals surface area contributed by atoms with Crippen molar-refractivity contribution in [3.63, 3.8) is 0 Å². The number of aromatic nitrogens is 1. The highest BCUT2D eigenvalue weighted by atomic mass is 35.5. The van der Waals surface area contributed by atoms with Crippen LogP contribution in [0.1, 0.15) is 43.0 Å². The Kier molecular flexibility index (Phi) is 9.29. The molecule has 37 heavy (non-hydrogen) atoms. The van der Waals surface area contributed by atoms with E-state index < -0.39 is 17.5 Å². The Balaban J connectivity index is 1.39. The number of hydroxylamine groups is 1. The van der Waals surface area contributed by atoms with Gasteiger partial charge in [-0.2, -0.15) is 0 Å². The van der Waals surface area contributed by atoms with Gasteiger partial charge in [0, 0.05) is 34.3 Å². The zero-order valence-corrected chi connectivity index (χ0v) is 22.7. The summed E-state index contributed by atoms with van der Waals surface area (Å²) in [6.45, 7) is 4.42. The summed E-state index contributed by atoms with van der Waals surface area (Å²) in [5, 5.41) is 10.3. The van der Waals surface area contributed by atoms with Gasteiger partial charge in [-0.15, -0.1) is 11.8 Å². The fourth-order valence-corrected chi connectivity index (χ4v) is 6.18. The van der Waals surface area contributed by atoms with Crippen LogP contribution in [0.2, 0.25) is 5.02 Å². The van der Waals surface area contributed by atoms with Crippen LogP contribution in [-0.4, -0.2) is 53.5 Å². The van der Waals surface area contributed by atoms with Crippen LogP contribution in [0, 0.1) is 12.3 Å². The molecule has 1 aromatic heterocycles. The molecule has 198 valence electrons. The minimum absolute atomic E-state index is 0.104. The highest BCUT2D eigenvalue weighted by molar-refractivity contribution is 7.99. The molecule has 3 aromatic rings. The summed E-state index contributed by atoms with van der Waals surface area (Å²) < 4.78 is 21.0. The average molecular weight is 546 g/mol. The molecule has 1 amide bonds. The molecule has 4 rings (SSSR count). The van der Waals surface area contributed by atoms with E-state index >= 15 is 4.39 Å². The lowest BCUT2D eigenvalue weighted by Gasteiger charge is -2.40. The van der Waals surface area contributed by atoms with E-state index in [4.69, 9.17) is 16.3 Å². The normalized spacial score (nSPS) is 16.5. The number of amides is 1. The van der Waals surface area contributed by atoms with Crippen molar-refractivity contribution in [2.24, 2.45) is 5.41 Å². The van der Waals surface area contributed by atoms with E-state index in [9.17, 15) is 10.0 Å². The number of nitrogens with one attached hydrogen (secondary N) is 1.